The zero-order valence-electron chi connectivity index (χ0n) is 18.1. The van der Waals surface area contributed by atoms with E-state index < -0.39 is 0 Å². The Hall–Kier alpha value is -2.38. The molecule has 0 unspecified atom stereocenters. The van der Waals surface area contributed by atoms with Crippen LogP contribution in [0.4, 0.5) is 5.82 Å². The van der Waals surface area contributed by atoms with Gasteiger partial charge in [-0.2, -0.15) is 0 Å². The molecule has 4 rings (SSSR count). The molecule has 2 aliphatic rings. The van der Waals surface area contributed by atoms with Crippen molar-refractivity contribution in [2.45, 2.75) is 56.6 Å². The molecule has 7 heteroatoms. The Labute approximate surface area is 191 Å². The molecule has 0 saturated carbocycles. The summed E-state index contributed by atoms with van der Waals surface area (Å²) in [5.41, 5.74) is 4.25. The Bertz CT molecular complexity index is 1070. The lowest BCUT2D eigenvalue weighted by molar-refractivity contribution is -0.116. The van der Waals surface area contributed by atoms with E-state index in [0.29, 0.717) is 17.8 Å². The van der Waals surface area contributed by atoms with Crippen LogP contribution in [0, 0.1) is 0 Å². The Kier molecular flexibility index (Phi) is 6.62. The standard InChI is InChI=1S/C24H27N3O2S2/c1-4-15-13-16(24(31-15)30-5-2)21-20(23(29)27-19-11-6-7-12-25-19)14(3)26-17-9-8-10-18(28)22(17)21/h6-7,11-13,21,26H,4-5,8-10H2,1-3H3,(H,25,27,29)/t21-/m1/s1. The first-order valence-electron chi connectivity index (χ1n) is 10.7. The number of nitrogens with one attached hydrogen (secondary N) is 2. The molecule has 5 nitrogen and oxygen atoms in total. The van der Waals surface area contributed by atoms with Gasteiger partial charge in [0.25, 0.3) is 5.91 Å². The third-order valence-electron chi connectivity index (χ3n) is 5.64. The van der Waals surface area contributed by atoms with E-state index >= 15 is 0 Å². The molecule has 1 aliphatic carbocycles. The largest absolute Gasteiger partial charge is 0.362 e. The molecule has 0 aromatic carbocycles. The molecule has 0 bridgehead atoms. The molecule has 1 amide bonds. The lowest BCUT2D eigenvalue weighted by Gasteiger charge is -2.34. The van der Waals surface area contributed by atoms with Crippen molar-refractivity contribution < 1.29 is 9.59 Å². The lowest BCUT2D eigenvalue weighted by Crippen LogP contribution is -2.35. The molecule has 0 fully saturated rings. The summed E-state index contributed by atoms with van der Waals surface area (Å²) in [5.74, 6) is 1.03. The molecule has 1 atom stereocenters. The predicted octanol–water partition coefficient (Wildman–Crippen LogP) is 5.42. The summed E-state index contributed by atoms with van der Waals surface area (Å²) < 4.78 is 1.20. The average Bonchev–Trinajstić information content (AvgIpc) is 3.16. The number of nitrogens with zero attached hydrogens (tertiary/aromatic N) is 1. The SMILES string of the molecule is CCSc1sc(CC)cc1[C@@H]1C(C(=O)Nc2ccccn2)=C(C)NC2=C1C(=O)CCC2. The highest BCUT2D eigenvalue weighted by Crippen LogP contribution is 2.47. The molecule has 0 saturated heterocycles. The number of ketones is 1. The highest BCUT2D eigenvalue weighted by molar-refractivity contribution is 8.01. The van der Waals surface area contributed by atoms with Gasteiger partial charge in [0, 0.05) is 46.0 Å². The van der Waals surface area contributed by atoms with Gasteiger partial charge in [-0.05, 0) is 55.7 Å². The fourth-order valence-corrected chi connectivity index (χ4v) is 6.65. The molecule has 31 heavy (non-hydrogen) atoms. The van der Waals surface area contributed by atoms with E-state index in [-0.39, 0.29) is 17.6 Å². The number of pyridine rings is 1. The van der Waals surface area contributed by atoms with Crippen LogP contribution in [0.3, 0.4) is 0 Å². The summed E-state index contributed by atoms with van der Waals surface area (Å²) >= 11 is 3.57. The third kappa shape index (κ3) is 4.34. The van der Waals surface area contributed by atoms with E-state index in [2.05, 4.69) is 35.5 Å². The maximum absolute atomic E-state index is 13.5. The lowest BCUT2D eigenvalue weighted by atomic mass is 9.75. The van der Waals surface area contributed by atoms with E-state index in [1.807, 2.05) is 19.1 Å². The van der Waals surface area contributed by atoms with E-state index in [1.165, 1.54) is 9.09 Å². The maximum atomic E-state index is 13.5. The van der Waals surface area contributed by atoms with Crippen LogP contribution in [0.15, 0.2) is 57.2 Å². The molecule has 162 valence electrons. The van der Waals surface area contributed by atoms with Crippen LogP contribution in [0.2, 0.25) is 0 Å². The summed E-state index contributed by atoms with van der Waals surface area (Å²) in [5, 5.41) is 6.33. The molecule has 0 spiro atoms. The van der Waals surface area contributed by atoms with Crippen molar-refractivity contribution in [3.8, 4) is 0 Å². The molecule has 2 N–H and O–H groups in total. The van der Waals surface area contributed by atoms with Crippen LogP contribution in [0.25, 0.3) is 0 Å². The highest BCUT2D eigenvalue weighted by Gasteiger charge is 2.40. The average molecular weight is 454 g/mol. The van der Waals surface area contributed by atoms with Crippen molar-refractivity contribution in [2.24, 2.45) is 0 Å². The third-order valence-corrected chi connectivity index (χ3v) is 8.12. The van der Waals surface area contributed by atoms with E-state index in [4.69, 9.17) is 0 Å². The van der Waals surface area contributed by atoms with Crippen molar-refractivity contribution in [2.75, 3.05) is 11.1 Å². The second-order valence-electron chi connectivity index (χ2n) is 7.68. The maximum Gasteiger partial charge on any atom is 0.255 e. The van der Waals surface area contributed by atoms with Crippen molar-refractivity contribution in [1.29, 1.82) is 0 Å². The van der Waals surface area contributed by atoms with Crippen molar-refractivity contribution in [1.82, 2.24) is 10.3 Å². The zero-order valence-corrected chi connectivity index (χ0v) is 19.7. The number of allylic oxidation sites excluding steroid dienone is 3. The number of hydrogen-bond donors (Lipinski definition) is 2. The normalized spacial score (nSPS) is 18.7. The number of anilines is 1. The summed E-state index contributed by atoms with van der Waals surface area (Å²) in [7, 11) is 0. The van der Waals surface area contributed by atoms with Gasteiger partial charge in [0.15, 0.2) is 5.78 Å². The molecule has 3 heterocycles. The topological polar surface area (TPSA) is 71.1 Å². The van der Waals surface area contributed by atoms with E-state index in [9.17, 15) is 9.59 Å². The molecular formula is C24H27N3O2S2. The number of rotatable bonds is 6. The van der Waals surface area contributed by atoms with Crippen LogP contribution in [-0.4, -0.2) is 22.4 Å². The molecular weight excluding hydrogens is 426 g/mol. The first kappa shape index (κ1) is 21.8. The second kappa shape index (κ2) is 9.40. The first-order valence-corrected chi connectivity index (χ1v) is 12.6. The molecule has 2 aromatic heterocycles. The Balaban J connectivity index is 1.84. The number of hydrogen-bond acceptors (Lipinski definition) is 6. The number of thiophene rings is 1. The first-order chi connectivity index (χ1) is 15.0. The number of carbonyl (C=O) groups is 2. The Morgan fingerprint density at radius 1 is 1.32 bits per heavy atom. The number of aromatic nitrogens is 1. The van der Waals surface area contributed by atoms with Gasteiger partial charge in [0.05, 0.1) is 4.21 Å². The number of amides is 1. The summed E-state index contributed by atoms with van der Waals surface area (Å²) in [4.78, 5) is 32.1. The smallest absolute Gasteiger partial charge is 0.255 e. The number of aryl methyl sites for hydroxylation is 1. The van der Waals surface area contributed by atoms with Gasteiger partial charge in [0.2, 0.25) is 0 Å². The number of thioether (sulfide) groups is 1. The highest BCUT2D eigenvalue weighted by atomic mass is 32.2. The van der Waals surface area contributed by atoms with Gasteiger partial charge >= 0.3 is 0 Å². The zero-order chi connectivity index (χ0) is 22.0. The van der Waals surface area contributed by atoms with Crippen LogP contribution in [0.5, 0.6) is 0 Å². The van der Waals surface area contributed by atoms with Crippen molar-refractivity contribution >= 4 is 40.6 Å². The Morgan fingerprint density at radius 2 is 2.16 bits per heavy atom. The van der Waals surface area contributed by atoms with Crippen molar-refractivity contribution in [3.63, 3.8) is 0 Å². The van der Waals surface area contributed by atoms with Gasteiger partial charge in [0.1, 0.15) is 5.82 Å². The minimum atomic E-state index is -0.349. The van der Waals surface area contributed by atoms with Gasteiger partial charge in [-0.25, -0.2) is 4.98 Å². The van der Waals surface area contributed by atoms with Gasteiger partial charge in [-0.1, -0.05) is 19.9 Å². The fraction of sp³-hybridized carbons (Fsp3) is 0.375. The predicted molar refractivity (Wildman–Crippen MR) is 127 cm³/mol. The van der Waals surface area contributed by atoms with Crippen LogP contribution in [0.1, 0.15) is 56.4 Å². The van der Waals surface area contributed by atoms with Gasteiger partial charge in [-0.15, -0.1) is 23.1 Å². The van der Waals surface area contributed by atoms with Crippen LogP contribution >= 0.6 is 23.1 Å². The summed E-state index contributed by atoms with van der Waals surface area (Å²) in [6.07, 6.45) is 4.81. The van der Waals surface area contributed by atoms with Crippen LogP contribution in [-0.2, 0) is 16.0 Å². The number of carbonyl (C=O) groups excluding carboxylic acids is 2. The Morgan fingerprint density at radius 3 is 2.87 bits per heavy atom. The van der Waals surface area contributed by atoms with Crippen LogP contribution < -0.4 is 10.6 Å². The second-order valence-corrected chi connectivity index (χ2v) is 10.3. The van der Waals surface area contributed by atoms with E-state index in [0.717, 1.165) is 47.5 Å². The van der Waals surface area contributed by atoms with Gasteiger partial charge < -0.3 is 10.6 Å². The summed E-state index contributed by atoms with van der Waals surface area (Å²) in [6, 6.07) is 7.63. The van der Waals surface area contributed by atoms with E-state index in [1.54, 1.807) is 35.4 Å². The quantitative estimate of drug-likeness (QED) is 0.571. The van der Waals surface area contributed by atoms with Gasteiger partial charge in [-0.3, -0.25) is 9.59 Å². The minimum absolute atomic E-state index is 0.145. The number of Topliss-reactive ketones (excluding diaryl/α,β-unsaturated/α-hetero) is 1. The molecule has 1 aliphatic heterocycles. The molecule has 0 radical (unpaired) electrons. The number of dihydropyridines is 1. The molecule has 2 aromatic rings. The minimum Gasteiger partial charge on any atom is -0.362 e. The monoisotopic (exact) mass is 453 g/mol. The summed E-state index contributed by atoms with van der Waals surface area (Å²) in [6.45, 7) is 6.21. The van der Waals surface area contributed by atoms with Crippen molar-refractivity contribution in [3.05, 3.63) is 63.4 Å². The fourth-order valence-electron chi connectivity index (χ4n) is 4.27.